The molecule has 1 unspecified atom stereocenters. The molecule has 6 heteroatoms. The minimum Gasteiger partial charge on any atom is -0.322 e. The quantitative estimate of drug-likeness (QED) is 0.426. The Morgan fingerprint density at radius 1 is 1.48 bits per heavy atom. The van der Waals surface area contributed by atoms with Gasteiger partial charge in [-0.25, -0.2) is 10.5 Å². The number of nitrogens with two attached hydrogens (primary N) is 1. The molecule has 136 valence electrons. The Morgan fingerprint density at radius 3 is 2.80 bits per heavy atom. The summed E-state index contributed by atoms with van der Waals surface area (Å²) < 4.78 is 2.05. The van der Waals surface area contributed by atoms with Crippen LogP contribution >= 0.6 is 0 Å². The molecule has 2 rings (SSSR count). The second kappa shape index (κ2) is 7.80. The zero-order valence-corrected chi connectivity index (χ0v) is 15.4. The summed E-state index contributed by atoms with van der Waals surface area (Å²) in [5.74, 6) is -0.567. The van der Waals surface area contributed by atoms with E-state index in [2.05, 4.69) is 27.7 Å². The number of nitrogens with zero attached hydrogens (tertiary/aromatic N) is 2. The van der Waals surface area contributed by atoms with Gasteiger partial charge in [-0.3, -0.25) is 10.0 Å². The molecule has 0 bridgehead atoms. The molecular weight excluding hydrogens is 316 g/mol. The zero-order valence-electron chi connectivity index (χ0n) is 15.4. The minimum atomic E-state index is -0.567. The number of carbonyl (C=O) groups excluding carboxylic acids is 1. The molecule has 0 aliphatic rings. The third-order valence-electron chi connectivity index (χ3n) is 4.30. The van der Waals surface area contributed by atoms with Gasteiger partial charge in [0, 0.05) is 12.3 Å². The summed E-state index contributed by atoms with van der Waals surface area (Å²) in [5.41, 5.74) is 11.8. The Balaban J connectivity index is 2.50. The highest BCUT2D eigenvalue weighted by atomic mass is 16.5. The molecule has 0 saturated heterocycles. The van der Waals surface area contributed by atoms with Crippen LogP contribution in [0.15, 0.2) is 24.4 Å². The van der Waals surface area contributed by atoms with Crippen LogP contribution in [-0.4, -0.2) is 20.5 Å². The lowest BCUT2D eigenvalue weighted by atomic mass is 9.84. The first-order valence-corrected chi connectivity index (χ1v) is 8.66. The lowest BCUT2D eigenvalue weighted by Crippen LogP contribution is -2.28. The number of aryl methyl sites for hydroxylation is 1. The summed E-state index contributed by atoms with van der Waals surface area (Å²) in [6.07, 6.45) is 7.91. The van der Waals surface area contributed by atoms with Crippen LogP contribution in [0.2, 0.25) is 0 Å². The van der Waals surface area contributed by atoms with Crippen LogP contribution in [0.5, 0.6) is 0 Å². The number of unbranched alkanes of at least 4 members (excludes halogenated alkanes) is 1. The van der Waals surface area contributed by atoms with Gasteiger partial charge < -0.3 is 10.1 Å². The van der Waals surface area contributed by atoms with E-state index in [-0.39, 0.29) is 11.5 Å². The maximum atomic E-state index is 11.1. The number of hydrogen-bond donors (Lipinski definition) is 3. The van der Waals surface area contributed by atoms with Crippen molar-refractivity contribution in [2.75, 3.05) is 0 Å². The lowest BCUT2D eigenvalue weighted by Gasteiger charge is -2.27. The Morgan fingerprint density at radius 2 is 2.20 bits per heavy atom. The fraction of sp³-hybridized carbons (Fsp3) is 0.474. The van der Waals surface area contributed by atoms with E-state index < -0.39 is 5.91 Å². The fourth-order valence-corrected chi connectivity index (χ4v) is 2.71. The number of rotatable bonds is 6. The Hall–Kier alpha value is -2.18. The van der Waals surface area contributed by atoms with Gasteiger partial charge in [-0.1, -0.05) is 34.1 Å². The Labute approximate surface area is 148 Å². The van der Waals surface area contributed by atoms with Gasteiger partial charge in [-0.05, 0) is 42.0 Å². The molecule has 0 fully saturated rings. The maximum Gasteiger partial charge on any atom is 0.267 e. The third kappa shape index (κ3) is 4.46. The van der Waals surface area contributed by atoms with Gasteiger partial charge in [-0.15, -0.1) is 0 Å². The molecule has 25 heavy (non-hydrogen) atoms. The lowest BCUT2D eigenvalue weighted by molar-refractivity contribution is -0.124. The molecule has 1 atom stereocenters. The highest BCUT2D eigenvalue weighted by molar-refractivity contribution is 5.90. The van der Waals surface area contributed by atoms with Crippen molar-refractivity contribution in [3.05, 3.63) is 41.4 Å². The third-order valence-corrected chi connectivity index (χ3v) is 4.30. The van der Waals surface area contributed by atoms with E-state index in [1.807, 2.05) is 22.7 Å². The molecule has 6 nitrogen and oxygen atoms in total. The number of hydroxylamine groups is 1. The number of amides is 1. The molecule has 1 amide bonds. The van der Waals surface area contributed by atoms with Crippen molar-refractivity contribution in [3.63, 3.8) is 0 Å². The van der Waals surface area contributed by atoms with Crippen LogP contribution in [-0.2, 0) is 11.2 Å². The van der Waals surface area contributed by atoms with E-state index in [1.54, 1.807) is 11.6 Å². The second-order valence-electron chi connectivity index (χ2n) is 7.39. The normalized spacial score (nSPS) is 13.5. The van der Waals surface area contributed by atoms with Gasteiger partial charge in [0.1, 0.15) is 5.65 Å². The summed E-state index contributed by atoms with van der Waals surface area (Å²) >= 11 is 0. The summed E-state index contributed by atoms with van der Waals surface area (Å²) in [6.45, 7) is 8.55. The zero-order chi connectivity index (χ0) is 18.6. The van der Waals surface area contributed by atoms with E-state index in [1.165, 1.54) is 6.08 Å². The average Bonchev–Trinajstić information content (AvgIpc) is 2.93. The van der Waals surface area contributed by atoms with E-state index in [0.717, 1.165) is 41.9 Å². The largest absolute Gasteiger partial charge is 0.322 e. The van der Waals surface area contributed by atoms with Crippen molar-refractivity contribution in [3.8, 4) is 0 Å². The molecule has 2 aromatic rings. The van der Waals surface area contributed by atoms with E-state index in [4.69, 9.17) is 15.9 Å². The van der Waals surface area contributed by atoms with Crippen molar-refractivity contribution >= 4 is 17.6 Å². The van der Waals surface area contributed by atoms with E-state index in [0.29, 0.717) is 0 Å². The number of pyridine rings is 1. The maximum absolute atomic E-state index is 11.1. The van der Waals surface area contributed by atoms with Crippen LogP contribution in [0.3, 0.4) is 0 Å². The molecule has 2 heterocycles. The molecule has 0 aromatic carbocycles. The second-order valence-corrected chi connectivity index (χ2v) is 7.39. The first-order chi connectivity index (χ1) is 11.8. The minimum absolute atomic E-state index is 0.0747. The van der Waals surface area contributed by atoms with Gasteiger partial charge >= 0.3 is 0 Å². The summed E-state index contributed by atoms with van der Waals surface area (Å²) in [7, 11) is 0. The molecule has 4 N–H and O–H groups in total. The van der Waals surface area contributed by atoms with Gasteiger partial charge in [0.15, 0.2) is 0 Å². The van der Waals surface area contributed by atoms with Crippen LogP contribution in [0.1, 0.15) is 63.5 Å². The predicted octanol–water partition coefficient (Wildman–Crippen LogP) is 3.24. The molecule has 0 radical (unpaired) electrons. The average molecular weight is 344 g/mol. The number of carbonyl (C=O) groups is 1. The monoisotopic (exact) mass is 344 g/mol. The van der Waals surface area contributed by atoms with Crippen molar-refractivity contribution in [2.24, 2.45) is 11.1 Å². The molecule has 2 aromatic heterocycles. The summed E-state index contributed by atoms with van der Waals surface area (Å²) in [4.78, 5) is 15.9. The standard InChI is InChI=1S/C19H28N4O2/c1-5-6-7-14-17(18(20)19(2,3)4)23-11-10-13(12-15(23)21-14)8-9-16(24)22-25/h8-12,18,25H,5-7,20H2,1-4H3,(H,22,24)/b9-8+. The first-order valence-electron chi connectivity index (χ1n) is 8.66. The van der Waals surface area contributed by atoms with Crippen LogP contribution in [0.4, 0.5) is 0 Å². The number of imidazole rings is 1. The van der Waals surface area contributed by atoms with Crippen molar-refractivity contribution in [2.45, 2.75) is 53.0 Å². The number of hydrogen-bond acceptors (Lipinski definition) is 4. The molecule has 0 saturated carbocycles. The number of aromatic nitrogens is 2. The van der Waals surface area contributed by atoms with Gasteiger partial charge in [-0.2, -0.15) is 0 Å². The van der Waals surface area contributed by atoms with E-state index >= 15 is 0 Å². The smallest absolute Gasteiger partial charge is 0.267 e. The van der Waals surface area contributed by atoms with Crippen LogP contribution in [0, 0.1) is 5.41 Å². The molecular formula is C19H28N4O2. The van der Waals surface area contributed by atoms with Crippen LogP contribution in [0.25, 0.3) is 11.7 Å². The van der Waals surface area contributed by atoms with Crippen molar-refractivity contribution in [1.82, 2.24) is 14.9 Å². The van der Waals surface area contributed by atoms with Crippen molar-refractivity contribution < 1.29 is 10.0 Å². The van der Waals surface area contributed by atoms with Crippen molar-refractivity contribution in [1.29, 1.82) is 0 Å². The SMILES string of the molecule is CCCCc1nc2cc(/C=C/C(=O)NO)ccn2c1C(N)C(C)(C)C. The van der Waals surface area contributed by atoms with Crippen LogP contribution < -0.4 is 11.2 Å². The van der Waals surface area contributed by atoms with E-state index in [9.17, 15) is 4.79 Å². The first kappa shape index (κ1) is 19.1. The number of nitrogens with one attached hydrogen (secondary N) is 1. The fourth-order valence-electron chi connectivity index (χ4n) is 2.71. The van der Waals surface area contributed by atoms with Gasteiger partial charge in [0.2, 0.25) is 0 Å². The number of fused-ring (bicyclic) bond motifs is 1. The summed E-state index contributed by atoms with van der Waals surface area (Å²) in [6, 6.07) is 3.68. The van der Waals surface area contributed by atoms with Gasteiger partial charge in [0.25, 0.3) is 5.91 Å². The Bertz CT molecular complexity index is 772. The molecule has 0 aliphatic heterocycles. The molecule has 0 spiro atoms. The highest BCUT2D eigenvalue weighted by Crippen LogP contribution is 2.33. The summed E-state index contributed by atoms with van der Waals surface area (Å²) in [5, 5.41) is 8.56. The molecule has 0 aliphatic carbocycles. The highest BCUT2D eigenvalue weighted by Gasteiger charge is 2.28. The Kier molecular flexibility index (Phi) is 5.98. The topological polar surface area (TPSA) is 92.6 Å². The predicted molar refractivity (Wildman–Crippen MR) is 99.2 cm³/mol. The van der Waals surface area contributed by atoms with Gasteiger partial charge in [0.05, 0.1) is 17.4 Å².